The number of Topliss-reactive ketones (excluding diaryl/α,β-unsaturated/α-hetero) is 1. The SMILES string of the molecule is CCOc1cncc(C(=O)C2CCC(C(C)C)CC2)c1. The molecule has 2 rings (SSSR count). The summed E-state index contributed by atoms with van der Waals surface area (Å²) in [5.41, 5.74) is 0.698. The number of hydrogen-bond donors (Lipinski definition) is 0. The molecular weight excluding hydrogens is 250 g/mol. The molecule has 0 atom stereocenters. The van der Waals surface area contributed by atoms with E-state index in [-0.39, 0.29) is 11.7 Å². The monoisotopic (exact) mass is 275 g/mol. The van der Waals surface area contributed by atoms with Gasteiger partial charge in [-0.1, -0.05) is 13.8 Å². The smallest absolute Gasteiger partial charge is 0.167 e. The minimum atomic E-state index is 0.170. The molecule has 0 N–H and O–H groups in total. The van der Waals surface area contributed by atoms with Crippen LogP contribution in [0.2, 0.25) is 0 Å². The molecule has 1 heterocycles. The number of ketones is 1. The highest BCUT2D eigenvalue weighted by Crippen LogP contribution is 2.34. The standard InChI is InChI=1S/C17H25NO2/c1-4-20-16-9-15(10-18-11-16)17(19)14-7-5-13(6-8-14)12(2)3/h9-14H,4-8H2,1-3H3. The maximum atomic E-state index is 12.5. The first-order valence-electron chi connectivity index (χ1n) is 7.73. The van der Waals surface area contributed by atoms with Crippen LogP contribution in [0.1, 0.15) is 56.8 Å². The third-order valence-corrected chi connectivity index (χ3v) is 4.39. The largest absolute Gasteiger partial charge is 0.492 e. The molecule has 1 aromatic heterocycles. The molecule has 1 aromatic rings. The summed E-state index contributed by atoms with van der Waals surface area (Å²) in [6, 6.07) is 1.83. The van der Waals surface area contributed by atoms with Crippen molar-refractivity contribution in [1.29, 1.82) is 0 Å². The molecule has 0 amide bonds. The molecule has 0 saturated heterocycles. The van der Waals surface area contributed by atoms with Crippen molar-refractivity contribution >= 4 is 5.78 Å². The Bertz CT molecular complexity index is 448. The zero-order valence-corrected chi connectivity index (χ0v) is 12.8. The summed E-state index contributed by atoms with van der Waals surface area (Å²) in [6.45, 7) is 7.09. The second-order valence-corrected chi connectivity index (χ2v) is 6.06. The normalized spacial score (nSPS) is 22.8. The average Bonchev–Trinajstić information content (AvgIpc) is 2.47. The zero-order chi connectivity index (χ0) is 14.5. The Morgan fingerprint density at radius 2 is 2.00 bits per heavy atom. The molecule has 3 heteroatoms. The molecule has 1 aliphatic carbocycles. The van der Waals surface area contributed by atoms with E-state index in [2.05, 4.69) is 18.8 Å². The molecule has 0 aromatic carbocycles. The number of carbonyl (C=O) groups excluding carboxylic acids is 1. The van der Waals surface area contributed by atoms with E-state index < -0.39 is 0 Å². The summed E-state index contributed by atoms with van der Waals surface area (Å²) in [6.07, 6.45) is 7.70. The lowest BCUT2D eigenvalue weighted by Crippen LogP contribution is -2.24. The van der Waals surface area contributed by atoms with Crippen molar-refractivity contribution in [2.45, 2.75) is 46.5 Å². The van der Waals surface area contributed by atoms with E-state index in [1.165, 1.54) is 12.8 Å². The third-order valence-electron chi connectivity index (χ3n) is 4.39. The van der Waals surface area contributed by atoms with Crippen LogP contribution < -0.4 is 4.74 Å². The van der Waals surface area contributed by atoms with Gasteiger partial charge in [0.1, 0.15) is 5.75 Å². The molecule has 0 aliphatic heterocycles. The topological polar surface area (TPSA) is 39.2 Å². The summed E-state index contributed by atoms with van der Waals surface area (Å²) in [4.78, 5) is 16.7. The van der Waals surface area contributed by atoms with Gasteiger partial charge in [0, 0.05) is 17.7 Å². The number of rotatable bonds is 5. The summed E-state index contributed by atoms with van der Waals surface area (Å²) in [5.74, 6) is 2.61. The Kier molecular flexibility index (Phi) is 5.16. The number of nitrogens with zero attached hydrogens (tertiary/aromatic N) is 1. The Labute approximate surface area is 121 Å². The van der Waals surface area contributed by atoms with Crippen molar-refractivity contribution in [3.8, 4) is 5.75 Å². The molecule has 0 bridgehead atoms. The molecule has 3 nitrogen and oxygen atoms in total. The lowest BCUT2D eigenvalue weighted by Gasteiger charge is -2.30. The summed E-state index contributed by atoms with van der Waals surface area (Å²) in [7, 11) is 0. The van der Waals surface area contributed by atoms with E-state index in [0.29, 0.717) is 17.9 Å². The molecule has 0 spiro atoms. The third kappa shape index (κ3) is 3.59. The second kappa shape index (κ2) is 6.87. The maximum absolute atomic E-state index is 12.5. The Balaban J connectivity index is 2.00. The van der Waals surface area contributed by atoms with Crippen molar-refractivity contribution in [3.63, 3.8) is 0 Å². The number of carbonyl (C=O) groups is 1. The van der Waals surface area contributed by atoms with Crippen molar-refractivity contribution < 1.29 is 9.53 Å². The van der Waals surface area contributed by atoms with Crippen LogP contribution in [-0.4, -0.2) is 17.4 Å². The Morgan fingerprint density at radius 3 is 2.60 bits per heavy atom. The van der Waals surface area contributed by atoms with Gasteiger partial charge in [-0.2, -0.15) is 0 Å². The first-order valence-corrected chi connectivity index (χ1v) is 7.73. The Hall–Kier alpha value is -1.38. The van der Waals surface area contributed by atoms with Crippen molar-refractivity contribution in [3.05, 3.63) is 24.0 Å². The van der Waals surface area contributed by atoms with Crippen LogP contribution in [0.5, 0.6) is 5.75 Å². The molecular formula is C17H25NO2. The molecule has 1 aliphatic rings. The van der Waals surface area contributed by atoms with E-state index in [0.717, 1.165) is 24.7 Å². The van der Waals surface area contributed by atoms with Crippen LogP contribution in [0.4, 0.5) is 0 Å². The van der Waals surface area contributed by atoms with Gasteiger partial charge < -0.3 is 4.74 Å². The van der Waals surface area contributed by atoms with Gasteiger partial charge in [-0.25, -0.2) is 0 Å². The highest BCUT2D eigenvalue weighted by Gasteiger charge is 2.28. The van der Waals surface area contributed by atoms with Gasteiger partial charge in [0.15, 0.2) is 5.78 Å². The van der Waals surface area contributed by atoms with Crippen LogP contribution in [0.15, 0.2) is 18.5 Å². The van der Waals surface area contributed by atoms with Crippen LogP contribution >= 0.6 is 0 Å². The van der Waals surface area contributed by atoms with E-state index in [4.69, 9.17) is 4.74 Å². The van der Waals surface area contributed by atoms with Gasteiger partial charge in [-0.05, 0) is 50.5 Å². The molecule has 1 saturated carbocycles. The van der Waals surface area contributed by atoms with Crippen LogP contribution in [0.3, 0.4) is 0 Å². The van der Waals surface area contributed by atoms with Crippen molar-refractivity contribution in [2.24, 2.45) is 17.8 Å². The fourth-order valence-corrected chi connectivity index (χ4v) is 3.08. The van der Waals surface area contributed by atoms with Crippen LogP contribution in [0.25, 0.3) is 0 Å². The molecule has 0 unspecified atom stereocenters. The number of pyridine rings is 1. The van der Waals surface area contributed by atoms with Gasteiger partial charge in [0.2, 0.25) is 0 Å². The molecule has 110 valence electrons. The summed E-state index contributed by atoms with van der Waals surface area (Å²) >= 11 is 0. The first kappa shape index (κ1) is 15.0. The minimum absolute atomic E-state index is 0.170. The molecule has 1 fully saturated rings. The van der Waals surface area contributed by atoms with E-state index >= 15 is 0 Å². The van der Waals surface area contributed by atoms with Gasteiger partial charge in [0.25, 0.3) is 0 Å². The fraction of sp³-hybridized carbons (Fsp3) is 0.647. The first-order chi connectivity index (χ1) is 9.61. The van der Waals surface area contributed by atoms with Crippen molar-refractivity contribution in [1.82, 2.24) is 4.98 Å². The maximum Gasteiger partial charge on any atom is 0.167 e. The van der Waals surface area contributed by atoms with Gasteiger partial charge in [-0.15, -0.1) is 0 Å². The minimum Gasteiger partial charge on any atom is -0.492 e. The Morgan fingerprint density at radius 1 is 1.30 bits per heavy atom. The predicted octanol–water partition coefficient (Wildman–Crippen LogP) is 4.13. The number of hydrogen-bond acceptors (Lipinski definition) is 3. The van der Waals surface area contributed by atoms with Crippen LogP contribution in [-0.2, 0) is 0 Å². The summed E-state index contributed by atoms with van der Waals surface area (Å²) in [5, 5.41) is 0. The zero-order valence-electron chi connectivity index (χ0n) is 12.8. The van der Waals surface area contributed by atoms with Gasteiger partial charge in [-0.3, -0.25) is 9.78 Å². The predicted molar refractivity (Wildman–Crippen MR) is 80.0 cm³/mol. The van der Waals surface area contributed by atoms with Gasteiger partial charge in [0.05, 0.1) is 12.8 Å². The van der Waals surface area contributed by atoms with Gasteiger partial charge >= 0.3 is 0 Å². The molecule has 20 heavy (non-hydrogen) atoms. The quantitative estimate of drug-likeness (QED) is 0.759. The average molecular weight is 275 g/mol. The van der Waals surface area contributed by atoms with Crippen LogP contribution in [0, 0.1) is 17.8 Å². The lowest BCUT2D eigenvalue weighted by molar-refractivity contribution is 0.0858. The lowest BCUT2D eigenvalue weighted by atomic mass is 9.75. The number of aromatic nitrogens is 1. The second-order valence-electron chi connectivity index (χ2n) is 6.06. The van der Waals surface area contributed by atoms with Crippen molar-refractivity contribution in [2.75, 3.05) is 6.61 Å². The highest BCUT2D eigenvalue weighted by molar-refractivity contribution is 5.97. The molecule has 0 radical (unpaired) electrons. The highest BCUT2D eigenvalue weighted by atomic mass is 16.5. The fourth-order valence-electron chi connectivity index (χ4n) is 3.08. The van der Waals surface area contributed by atoms with E-state index in [1.54, 1.807) is 12.4 Å². The summed E-state index contributed by atoms with van der Waals surface area (Å²) < 4.78 is 5.42. The number of ether oxygens (including phenoxy) is 1. The van der Waals surface area contributed by atoms with E-state index in [1.807, 2.05) is 13.0 Å². The van der Waals surface area contributed by atoms with E-state index in [9.17, 15) is 4.79 Å².